The minimum atomic E-state index is -0.0560. The summed E-state index contributed by atoms with van der Waals surface area (Å²) in [5.41, 5.74) is 2.33. The van der Waals surface area contributed by atoms with Crippen LogP contribution < -0.4 is 0 Å². The molecular formula is C20H17N5O2. The Morgan fingerprint density at radius 1 is 1.22 bits per heavy atom. The fraction of sp³-hybridized carbons (Fsp3) is 0.200. The van der Waals surface area contributed by atoms with Gasteiger partial charge in [-0.15, -0.1) is 0 Å². The van der Waals surface area contributed by atoms with E-state index in [1.165, 1.54) is 10.9 Å². The minimum absolute atomic E-state index is 0.0543. The summed E-state index contributed by atoms with van der Waals surface area (Å²) < 4.78 is 1.31. The van der Waals surface area contributed by atoms with Crippen molar-refractivity contribution in [2.45, 2.75) is 18.9 Å². The molecule has 0 aliphatic heterocycles. The number of pyridine rings is 1. The van der Waals surface area contributed by atoms with Gasteiger partial charge in [-0.3, -0.25) is 4.79 Å². The molecule has 7 heteroatoms. The molecule has 1 aliphatic rings. The molecule has 0 spiro atoms. The molecule has 0 saturated heterocycles. The molecule has 3 aromatic rings. The molecule has 1 amide bonds. The van der Waals surface area contributed by atoms with Crippen LogP contribution in [0.3, 0.4) is 0 Å². The van der Waals surface area contributed by atoms with E-state index in [9.17, 15) is 9.90 Å². The molecule has 0 atom stereocenters. The minimum Gasteiger partial charge on any atom is -0.493 e. The molecule has 1 saturated carbocycles. The first-order valence-corrected chi connectivity index (χ1v) is 8.59. The fourth-order valence-corrected chi connectivity index (χ4v) is 2.91. The zero-order chi connectivity index (χ0) is 19.0. The number of aromatic nitrogens is 3. The van der Waals surface area contributed by atoms with Crippen LogP contribution >= 0.6 is 0 Å². The number of carbonyl (C=O) groups is 1. The number of nitriles is 1. The Bertz CT molecular complexity index is 1030. The largest absolute Gasteiger partial charge is 0.493 e. The van der Waals surface area contributed by atoms with Crippen LogP contribution in [-0.2, 0) is 0 Å². The van der Waals surface area contributed by atoms with Crippen molar-refractivity contribution in [2.24, 2.45) is 0 Å². The van der Waals surface area contributed by atoms with E-state index in [0.717, 1.165) is 18.4 Å². The highest BCUT2D eigenvalue weighted by molar-refractivity contribution is 5.94. The molecule has 2 heterocycles. The van der Waals surface area contributed by atoms with E-state index in [1.54, 1.807) is 54.5 Å². The predicted octanol–water partition coefficient (Wildman–Crippen LogP) is 2.75. The van der Waals surface area contributed by atoms with E-state index < -0.39 is 0 Å². The molecule has 27 heavy (non-hydrogen) atoms. The van der Waals surface area contributed by atoms with E-state index in [0.29, 0.717) is 28.6 Å². The highest BCUT2D eigenvalue weighted by Crippen LogP contribution is 2.31. The summed E-state index contributed by atoms with van der Waals surface area (Å²) in [6.45, 7) is 0. The number of amides is 1. The molecule has 0 unspecified atom stereocenters. The van der Waals surface area contributed by atoms with E-state index >= 15 is 0 Å². The molecule has 1 aromatic carbocycles. The SMILES string of the molecule is CN(C(=O)c1ccc(-n2ncc(-c3ccc(C#N)cc3)c2O)nc1)C1CC1. The van der Waals surface area contributed by atoms with Crippen LogP contribution in [0.25, 0.3) is 16.9 Å². The number of rotatable bonds is 4. The Kier molecular flexibility index (Phi) is 4.09. The lowest BCUT2D eigenvalue weighted by Crippen LogP contribution is -2.28. The molecule has 1 fully saturated rings. The number of carbonyl (C=O) groups excluding carboxylic acids is 1. The lowest BCUT2D eigenvalue weighted by Gasteiger charge is -2.16. The number of benzene rings is 1. The highest BCUT2D eigenvalue weighted by atomic mass is 16.3. The zero-order valence-corrected chi connectivity index (χ0v) is 14.7. The summed E-state index contributed by atoms with van der Waals surface area (Å²) in [5, 5.41) is 23.6. The molecule has 1 N–H and O–H groups in total. The van der Waals surface area contributed by atoms with E-state index in [2.05, 4.69) is 16.2 Å². The van der Waals surface area contributed by atoms with Crippen LogP contribution in [0.2, 0.25) is 0 Å². The van der Waals surface area contributed by atoms with Gasteiger partial charge in [0.25, 0.3) is 5.91 Å². The maximum absolute atomic E-state index is 12.4. The monoisotopic (exact) mass is 359 g/mol. The first-order valence-electron chi connectivity index (χ1n) is 8.59. The normalized spacial score (nSPS) is 13.2. The molecule has 7 nitrogen and oxygen atoms in total. The summed E-state index contributed by atoms with van der Waals surface area (Å²) >= 11 is 0. The molecule has 0 radical (unpaired) electrons. The second-order valence-corrected chi connectivity index (χ2v) is 6.54. The van der Waals surface area contributed by atoms with Gasteiger partial charge in [0, 0.05) is 19.3 Å². The third-order valence-corrected chi connectivity index (χ3v) is 4.70. The van der Waals surface area contributed by atoms with Crippen LogP contribution in [-0.4, -0.2) is 43.8 Å². The Hall–Kier alpha value is -3.66. The number of aromatic hydroxyl groups is 1. The Morgan fingerprint density at radius 3 is 2.56 bits per heavy atom. The quantitative estimate of drug-likeness (QED) is 0.773. The van der Waals surface area contributed by atoms with Crippen molar-refractivity contribution in [3.05, 3.63) is 59.9 Å². The van der Waals surface area contributed by atoms with E-state index in [1.807, 2.05) is 0 Å². The van der Waals surface area contributed by atoms with E-state index in [4.69, 9.17) is 5.26 Å². The van der Waals surface area contributed by atoms with Crippen molar-refractivity contribution in [1.29, 1.82) is 5.26 Å². The van der Waals surface area contributed by atoms with Crippen molar-refractivity contribution in [2.75, 3.05) is 7.05 Å². The third-order valence-electron chi connectivity index (χ3n) is 4.70. The molecule has 4 rings (SSSR count). The van der Waals surface area contributed by atoms with Gasteiger partial charge in [-0.1, -0.05) is 12.1 Å². The standard InChI is InChI=1S/C20H17N5O2/c1-24(16-7-8-16)19(26)15-6-9-18(22-11-15)25-20(27)17(12-23-25)14-4-2-13(10-21)3-5-14/h2-6,9,11-12,16,27H,7-8H2,1H3. The van der Waals surface area contributed by atoms with Gasteiger partial charge in [0.05, 0.1) is 29.0 Å². The Balaban J connectivity index is 1.59. The maximum atomic E-state index is 12.4. The number of nitrogens with zero attached hydrogens (tertiary/aromatic N) is 5. The number of hydrogen-bond donors (Lipinski definition) is 1. The molecule has 134 valence electrons. The van der Waals surface area contributed by atoms with Crippen LogP contribution in [0, 0.1) is 11.3 Å². The van der Waals surface area contributed by atoms with Crippen LogP contribution in [0.15, 0.2) is 48.8 Å². The smallest absolute Gasteiger partial charge is 0.255 e. The summed E-state index contributed by atoms with van der Waals surface area (Å²) in [5.74, 6) is 0.305. The zero-order valence-electron chi connectivity index (χ0n) is 14.7. The van der Waals surface area contributed by atoms with Gasteiger partial charge in [-0.2, -0.15) is 15.0 Å². The van der Waals surface area contributed by atoms with Crippen molar-refractivity contribution in [3.8, 4) is 28.9 Å². The number of hydrogen-bond acceptors (Lipinski definition) is 5. The first-order chi connectivity index (χ1) is 13.1. The second-order valence-electron chi connectivity index (χ2n) is 6.54. The van der Waals surface area contributed by atoms with Crippen LogP contribution in [0.4, 0.5) is 0 Å². The first kappa shape index (κ1) is 16.8. The fourth-order valence-electron chi connectivity index (χ4n) is 2.91. The van der Waals surface area contributed by atoms with Crippen LogP contribution in [0.5, 0.6) is 5.88 Å². The highest BCUT2D eigenvalue weighted by Gasteiger charge is 2.30. The van der Waals surface area contributed by atoms with Gasteiger partial charge in [-0.25, -0.2) is 4.98 Å². The van der Waals surface area contributed by atoms with Gasteiger partial charge in [0.15, 0.2) is 5.82 Å². The lowest BCUT2D eigenvalue weighted by atomic mass is 10.1. The van der Waals surface area contributed by atoms with Gasteiger partial charge in [-0.05, 0) is 42.7 Å². The summed E-state index contributed by atoms with van der Waals surface area (Å²) in [4.78, 5) is 18.4. The third kappa shape index (κ3) is 3.13. The molecule has 0 bridgehead atoms. The molecular weight excluding hydrogens is 342 g/mol. The summed E-state index contributed by atoms with van der Waals surface area (Å²) in [7, 11) is 1.80. The lowest BCUT2D eigenvalue weighted by molar-refractivity contribution is 0.0784. The van der Waals surface area contributed by atoms with Crippen molar-refractivity contribution in [3.63, 3.8) is 0 Å². The van der Waals surface area contributed by atoms with Gasteiger partial charge in [0.1, 0.15) is 0 Å². The summed E-state index contributed by atoms with van der Waals surface area (Å²) in [6.07, 6.45) is 5.14. The topological polar surface area (TPSA) is 95.0 Å². The molecule has 1 aliphatic carbocycles. The average molecular weight is 359 g/mol. The van der Waals surface area contributed by atoms with Crippen molar-refractivity contribution >= 4 is 5.91 Å². The van der Waals surface area contributed by atoms with Gasteiger partial charge < -0.3 is 10.0 Å². The van der Waals surface area contributed by atoms with Gasteiger partial charge in [0.2, 0.25) is 5.88 Å². The average Bonchev–Trinajstić information content (AvgIpc) is 3.49. The molecule has 2 aromatic heterocycles. The van der Waals surface area contributed by atoms with Crippen LogP contribution in [0.1, 0.15) is 28.8 Å². The van der Waals surface area contributed by atoms with Crippen molar-refractivity contribution < 1.29 is 9.90 Å². The maximum Gasteiger partial charge on any atom is 0.255 e. The van der Waals surface area contributed by atoms with Crippen molar-refractivity contribution in [1.82, 2.24) is 19.7 Å². The van der Waals surface area contributed by atoms with Gasteiger partial charge >= 0.3 is 0 Å². The summed E-state index contributed by atoms with van der Waals surface area (Å²) in [6, 6.07) is 12.6. The Labute approximate surface area is 156 Å². The van der Waals surface area contributed by atoms with E-state index in [-0.39, 0.29) is 11.8 Å². The Morgan fingerprint density at radius 2 is 1.96 bits per heavy atom. The second kappa shape index (κ2) is 6.57. The predicted molar refractivity (Wildman–Crippen MR) is 98.3 cm³/mol.